The highest BCUT2D eigenvalue weighted by atomic mass is 127. The van der Waals surface area contributed by atoms with E-state index in [-0.39, 0.29) is 29.7 Å². The van der Waals surface area contributed by atoms with E-state index in [0.29, 0.717) is 19.0 Å². The van der Waals surface area contributed by atoms with Crippen LogP contribution in [0.2, 0.25) is 0 Å². The van der Waals surface area contributed by atoms with E-state index in [4.69, 9.17) is 0 Å². The van der Waals surface area contributed by atoms with Crippen molar-refractivity contribution >= 4 is 39.8 Å². The number of halogens is 1. The maximum atomic E-state index is 11.0. The highest BCUT2D eigenvalue weighted by Crippen LogP contribution is 1.96. The molecule has 19 heavy (non-hydrogen) atoms. The van der Waals surface area contributed by atoms with E-state index in [1.165, 1.54) is 6.26 Å². The second-order valence-corrected chi connectivity index (χ2v) is 6.23. The number of hydrogen-bond acceptors (Lipinski definition) is 3. The lowest BCUT2D eigenvalue weighted by Crippen LogP contribution is -2.39. The van der Waals surface area contributed by atoms with Crippen LogP contribution in [0, 0.1) is 0 Å². The van der Waals surface area contributed by atoms with Crippen LogP contribution in [-0.4, -0.2) is 40.0 Å². The predicted octanol–water partition coefficient (Wildman–Crippen LogP) is 1.01. The molecule has 1 aromatic carbocycles. The molecule has 0 aliphatic rings. The zero-order chi connectivity index (χ0) is 13.4. The number of nitrogens with one attached hydrogen (secondary N) is 2. The van der Waals surface area contributed by atoms with Crippen LogP contribution < -0.4 is 10.6 Å². The van der Waals surface area contributed by atoms with Gasteiger partial charge in [0.1, 0.15) is 9.84 Å². The van der Waals surface area contributed by atoms with Gasteiger partial charge in [0.25, 0.3) is 0 Å². The van der Waals surface area contributed by atoms with Crippen molar-refractivity contribution in [3.63, 3.8) is 0 Å². The van der Waals surface area contributed by atoms with Gasteiger partial charge in [-0.1, -0.05) is 30.3 Å². The molecule has 0 aromatic heterocycles. The van der Waals surface area contributed by atoms with Crippen molar-refractivity contribution in [2.45, 2.75) is 6.54 Å². The van der Waals surface area contributed by atoms with E-state index in [2.05, 4.69) is 15.6 Å². The number of nitrogens with zero attached hydrogens (tertiary/aromatic N) is 1. The second kappa shape index (κ2) is 9.13. The van der Waals surface area contributed by atoms with Gasteiger partial charge in [0, 0.05) is 26.4 Å². The third kappa shape index (κ3) is 8.82. The normalized spacial score (nSPS) is 11.6. The van der Waals surface area contributed by atoms with E-state index in [9.17, 15) is 8.42 Å². The molecule has 1 rings (SSSR count). The summed E-state index contributed by atoms with van der Waals surface area (Å²) in [6.07, 6.45) is 1.22. The third-order valence-electron chi connectivity index (χ3n) is 2.29. The SMILES string of the molecule is CN=C(NCCS(C)(=O)=O)NCc1ccccc1.I. The highest BCUT2D eigenvalue weighted by Gasteiger charge is 2.02. The van der Waals surface area contributed by atoms with Crippen molar-refractivity contribution < 1.29 is 8.42 Å². The predicted molar refractivity (Wildman–Crippen MR) is 89.8 cm³/mol. The van der Waals surface area contributed by atoms with Crippen molar-refractivity contribution in [3.8, 4) is 0 Å². The topological polar surface area (TPSA) is 70.6 Å². The van der Waals surface area contributed by atoms with Crippen molar-refractivity contribution in [2.75, 3.05) is 25.6 Å². The monoisotopic (exact) mass is 397 g/mol. The molecule has 0 unspecified atom stereocenters. The summed E-state index contributed by atoms with van der Waals surface area (Å²) in [6, 6.07) is 9.92. The van der Waals surface area contributed by atoms with Crippen molar-refractivity contribution in [1.29, 1.82) is 0 Å². The molecule has 0 saturated heterocycles. The summed E-state index contributed by atoms with van der Waals surface area (Å²) in [5.74, 6) is 0.696. The van der Waals surface area contributed by atoms with Gasteiger partial charge in [0.15, 0.2) is 5.96 Å². The van der Waals surface area contributed by atoms with E-state index >= 15 is 0 Å². The molecule has 0 radical (unpaired) electrons. The summed E-state index contributed by atoms with van der Waals surface area (Å²) in [5.41, 5.74) is 1.14. The van der Waals surface area contributed by atoms with E-state index in [1.807, 2.05) is 30.3 Å². The lowest BCUT2D eigenvalue weighted by Gasteiger charge is -2.11. The summed E-state index contributed by atoms with van der Waals surface area (Å²) in [7, 11) is -1.29. The quantitative estimate of drug-likeness (QED) is 0.442. The molecular weight excluding hydrogens is 377 g/mol. The second-order valence-electron chi connectivity index (χ2n) is 3.97. The first-order chi connectivity index (χ1) is 8.51. The Morgan fingerprint density at radius 1 is 1.21 bits per heavy atom. The molecule has 0 fully saturated rings. The lowest BCUT2D eigenvalue weighted by molar-refractivity contribution is 0.600. The van der Waals surface area contributed by atoms with Crippen LogP contribution in [0.5, 0.6) is 0 Å². The first-order valence-electron chi connectivity index (χ1n) is 5.67. The van der Waals surface area contributed by atoms with Gasteiger partial charge in [0.05, 0.1) is 5.75 Å². The Labute approximate surface area is 131 Å². The molecule has 2 N–H and O–H groups in total. The van der Waals surface area contributed by atoms with Crippen LogP contribution in [0.25, 0.3) is 0 Å². The van der Waals surface area contributed by atoms with E-state index in [0.717, 1.165) is 5.56 Å². The Hall–Kier alpha value is -0.830. The zero-order valence-corrected chi connectivity index (χ0v) is 14.2. The Kier molecular flexibility index (Phi) is 8.73. The van der Waals surface area contributed by atoms with Crippen LogP contribution in [0.3, 0.4) is 0 Å². The Balaban J connectivity index is 0.00000324. The Morgan fingerprint density at radius 3 is 2.37 bits per heavy atom. The molecule has 0 spiro atoms. The average Bonchev–Trinajstić information content (AvgIpc) is 2.33. The van der Waals surface area contributed by atoms with Crippen LogP contribution in [0.4, 0.5) is 0 Å². The first-order valence-corrected chi connectivity index (χ1v) is 7.73. The molecule has 0 atom stereocenters. The van der Waals surface area contributed by atoms with Crippen molar-refractivity contribution in [2.24, 2.45) is 4.99 Å². The van der Waals surface area contributed by atoms with Gasteiger partial charge in [-0.05, 0) is 5.56 Å². The van der Waals surface area contributed by atoms with Crippen LogP contribution >= 0.6 is 24.0 Å². The molecule has 0 bridgehead atoms. The lowest BCUT2D eigenvalue weighted by atomic mass is 10.2. The molecule has 108 valence electrons. The number of benzene rings is 1. The van der Waals surface area contributed by atoms with Crippen molar-refractivity contribution in [1.82, 2.24) is 10.6 Å². The van der Waals surface area contributed by atoms with E-state index < -0.39 is 9.84 Å². The minimum Gasteiger partial charge on any atom is -0.355 e. The third-order valence-corrected chi connectivity index (χ3v) is 3.24. The minimum absolute atomic E-state index is 0. The largest absolute Gasteiger partial charge is 0.355 e. The molecule has 0 amide bonds. The summed E-state index contributed by atoms with van der Waals surface area (Å²) >= 11 is 0. The average molecular weight is 397 g/mol. The standard InChI is InChI=1S/C12H19N3O2S.HI/c1-13-12(14-8-9-18(2,16)17)15-10-11-6-4-3-5-7-11;/h3-7H,8-10H2,1-2H3,(H2,13,14,15);1H. The zero-order valence-electron chi connectivity index (χ0n) is 11.1. The fourth-order valence-electron chi connectivity index (χ4n) is 1.36. The van der Waals surface area contributed by atoms with Crippen molar-refractivity contribution in [3.05, 3.63) is 35.9 Å². The molecule has 7 heteroatoms. The molecular formula is C12H20IN3O2S. The number of hydrogen-bond donors (Lipinski definition) is 2. The summed E-state index contributed by atoms with van der Waals surface area (Å²) in [5, 5.41) is 6.07. The van der Waals surface area contributed by atoms with Gasteiger partial charge in [-0.25, -0.2) is 8.42 Å². The smallest absolute Gasteiger partial charge is 0.191 e. The highest BCUT2D eigenvalue weighted by molar-refractivity contribution is 14.0. The summed E-state index contributed by atoms with van der Waals surface area (Å²) in [6.45, 7) is 1.01. The van der Waals surface area contributed by atoms with Crippen LogP contribution in [-0.2, 0) is 16.4 Å². The van der Waals surface area contributed by atoms with Gasteiger partial charge in [-0.2, -0.15) is 0 Å². The van der Waals surface area contributed by atoms with Gasteiger partial charge >= 0.3 is 0 Å². The summed E-state index contributed by atoms with van der Waals surface area (Å²) < 4.78 is 22.0. The first kappa shape index (κ1) is 18.2. The molecule has 0 aliphatic carbocycles. The fraction of sp³-hybridized carbons (Fsp3) is 0.417. The van der Waals surface area contributed by atoms with Gasteiger partial charge in [0.2, 0.25) is 0 Å². The maximum absolute atomic E-state index is 11.0. The molecule has 0 aliphatic heterocycles. The number of aliphatic imine (C=N–C) groups is 1. The van der Waals surface area contributed by atoms with Crippen LogP contribution in [0.15, 0.2) is 35.3 Å². The molecule has 0 saturated carbocycles. The van der Waals surface area contributed by atoms with Crippen LogP contribution in [0.1, 0.15) is 5.56 Å². The number of sulfone groups is 1. The fourth-order valence-corrected chi connectivity index (χ4v) is 1.83. The van der Waals surface area contributed by atoms with Gasteiger partial charge < -0.3 is 10.6 Å². The molecule has 0 heterocycles. The maximum Gasteiger partial charge on any atom is 0.191 e. The molecule has 5 nitrogen and oxygen atoms in total. The molecule has 1 aromatic rings. The Bertz CT molecular complexity index is 489. The minimum atomic E-state index is -2.94. The number of guanidine groups is 1. The van der Waals surface area contributed by atoms with Gasteiger partial charge in [-0.15, -0.1) is 24.0 Å². The van der Waals surface area contributed by atoms with Gasteiger partial charge in [-0.3, -0.25) is 4.99 Å². The summed E-state index contributed by atoms with van der Waals surface area (Å²) in [4.78, 5) is 4.02. The van der Waals surface area contributed by atoms with E-state index in [1.54, 1.807) is 7.05 Å². The Morgan fingerprint density at radius 2 is 1.84 bits per heavy atom. The number of rotatable bonds is 5.